The molecule has 1 aliphatic heterocycles. The minimum absolute atomic E-state index is 0. The summed E-state index contributed by atoms with van der Waals surface area (Å²) >= 11 is 0. The fraction of sp³-hybridized carbons (Fsp3) is 0.429. The number of halogens is 2. The maximum atomic E-state index is 13.9. The van der Waals surface area contributed by atoms with Gasteiger partial charge in [-0.25, -0.2) is 9.37 Å². The third-order valence-corrected chi connectivity index (χ3v) is 4.62. The second kappa shape index (κ2) is 12.5. The first-order chi connectivity index (χ1) is 13.8. The number of guanidine groups is 1. The van der Waals surface area contributed by atoms with Crippen LogP contribution in [0.15, 0.2) is 53.7 Å². The van der Waals surface area contributed by atoms with E-state index in [-0.39, 0.29) is 35.8 Å². The van der Waals surface area contributed by atoms with Crippen LogP contribution in [-0.4, -0.2) is 49.7 Å². The average molecular weight is 512 g/mol. The van der Waals surface area contributed by atoms with Gasteiger partial charge in [-0.15, -0.1) is 24.0 Å². The Morgan fingerprint density at radius 1 is 1.24 bits per heavy atom. The smallest absolute Gasteiger partial charge is 0.191 e. The van der Waals surface area contributed by atoms with E-state index < -0.39 is 0 Å². The predicted octanol–water partition coefficient (Wildman–Crippen LogP) is 3.47. The molecule has 1 atom stereocenters. The van der Waals surface area contributed by atoms with Crippen LogP contribution in [-0.2, 0) is 0 Å². The zero-order chi connectivity index (χ0) is 19.6. The van der Waals surface area contributed by atoms with Gasteiger partial charge in [0.1, 0.15) is 0 Å². The van der Waals surface area contributed by atoms with Crippen LogP contribution in [0.4, 0.5) is 15.9 Å². The summed E-state index contributed by atoms with van der Waals surface area (Å²) in [5.74, 6) is 0.978. The van der Waals surface area contributed by atoms with Crippen LogP contribution in [0, 0.1) is 5.82 Å². The highest BCUT2D eigenvalue weighted by molar-refractivity contribution is 14.0. The van der Waals surface area contributed by atoms with E-state index in [4.69, 9.17) is 0 Å². The number of para-hydroxylation sites is 1. The van der Waals surface area contributed by atoms with Crippen molar-refractivity contribution < 1.29 is 4.39 Å². The molecule has 0 amide bonds. The molecule has 1 aromatic heterocycles. The van der Waals surface area contributed by atoms with E-state index in [1.807, 2.05) is 23.1 Å². The van der Waals surface area contributed by atoms with Crippen LogP contribution in [0.1, 0.15) is 19.8 Å². The first-order valence-electron chi connectivity index (χ1n) is 9.95. The van der Waals surface area contributed by atoms with Gasteiger partial charge in [0.2, 0.25) is 0 Å². The van der Waals surface area contributed by atoms with Crippen LogP contribution in [0.5, 0.6) is 0 Å². The lowest BCUT2D eigenvalue weighted by Crippen LogP contribution is -2.44. The largest absolute Gasteiger partial charge is 0.385 e. The van der Waals surface area contributed by atoms with Crippen molar-refractivity contribution >= 4 is 41.4 Å². The number of aromatic nitrogens is 1. The Balaban J connectivity index is 0.00000300. The third kappa shape index (κ3) is 7.34. The van der Waals surface area contributed by atoms with Crippen molar-refractivity contribution in [1.82, 2.24) is 15.6 Å². The van der Waals surface area contributed by atoms with Gasteiger partial charge < -0.3 is 20.9 Å². The van der Waals surface area contributed by atoms with Crippen molar-refractivity contribution in [3.05, 3.63) is 54.5 Å². The molecule has 158 valence electrons. The van der Waals surface area contributed by atoms with Gasteiger partial charge in [0, 0.05) is 50.6 Å². The van der Waals surface area contributed by atoms with Crippen molar-refractivity contribution in [2.75, 3.05) is 42.9 Å². The summed E-state index contributed by atoms with van der Waals surface area (Å²) in [7, 11) is 0. The van der Waals surface area contributed by atoms with Gasteiger partial charge in [-0.3, -0.25) is 4.99 Å². The normalized spacial score (nSPS) is 16.3. The summed E-state index contributed by atoms with van der Waals surface area (Å²) in [6.45, 7) is 5.97. The fourth-order valence-corrected chi connectivity index (χ4v) is 3.25. The number of anilines is 2. The second-order valence-electron chi connectivity index (χ2n) is 6.79. The van der Waals surface area contributed by atoms with E-state index in [0.29, 0.717) is 12.4 Å². The standard InChI is InChI=1S/C21H29FN6.HI/c1-2-23-21(26-14-7-13-24-17-8-4-3-5-9-17)27-18-11-15-28(16-18)20-19(22)10-6-12-25-20;/h3-6,8-10,12,18,24H,2,7,11,13-16H2,1H3,(H2,23,26,27);1H. The minimum Gasteiger partial charge on any atom is -0.385 e. The molecular formula is C21H30FIN6. The molecule has 1 unspecified atom stereocenters. The highest BCUT2D eigenvalue weighted by Crippen LogP contribution is 2.20. The van der Waals surface area contributed by atoms with Crippen LogP contribution >= 0.6 is 24.0 Å². The summed E-state index contributed by atoms with van der Waals surface area (Å²) in [5.41, 5.74) is 1.13. The Morgan fingerprint density at radius 2 is 2.07 bits per heavy atom. The molecule has 0 saturated carbocycles. The number of nitrogens with one attached hydrogen (secondary N) is 3. The van der Waals surface area contributed by atoms with E-state index in [1.165, 1.54) is 6.07 Å². The SMILES string of the molecule is CCNC(=NCCCNc1ccccc1)NC1CCN(c2ncccc2F)C1.I. The summed E-state index contributed by atoms with van der Waals surface area (Å²) < 4.78 is 13.9. The fourth-order valence-electron chi connectivity index (χ4n) is 3.25. The molecule has 0 spiro atoms. The topological polar surface area (TPSA) is 64.6 Å². The van der Waals surface area contributed by atoms with Crippen molar-refractivity contribution in [3.8, 4) is 0 Å². The van der Waals surface area contributed by atoms with Gasteiger partial charge in [0.15, 0.2) is 17.6 Å². The maximum absolute atomic E-state index is 13.9. The molecule has 6 nitrogen and oxygen atoms in total. The minimum atomic E-state index is -0.269. The highest BCUT2D eigenvalue weighted by Gasteiger charge is 2.25. The van der Waals surface area contributed by atoms with Gasteiger partial charge in [-0.05, 0) is 44.0 Å². The summed E-state index contributed by atoms with van der Waals surface area (Å²) in [4.78, 5) is 10.8. The molecule has 1 fully saturated rings. The Kier molecular flexibility index (Phi) is 9.96. The van der Waals surface area contributed by atoms with Crippen LogP contribution in [0.3, 0.4) is 0 Å². The number of hydrogen-bond acceptors (Lipinski definition) is 4. The van der Waals surface area contributed by atoms with Crippen molar-refractivity contribution in [3.63, 3.8) is 0 Å². The quantitative estimate of drug-likeness (QED) is 0.219. The lowest BCUT2D eigenvalue weighted by atomic mass is 10.3. The van der Waals surface area contributed by atoms with Crippen molar-refractivity contribution in [2.45, 2.75) is 25.8 Å². The molecule has 0 radical (unpaired) electrons. The monoisotopic (exact) mass is 512 g/mol. The lowest BCUT2D eigenvalue weighted by molar-refractivity contribution is 0.612. The molecule has 8 heteroatoms. The molecule has 0 bridgehead atoms. The Hall–Kier alpha value is -2.10. The number of pyridine rings is 1. The summed E-state index contributed by atoms with van der Waals surface area (Å²) in [6, 6.07) is 13.5. The van der Waals surface area contributed by atoms with Gasteiger partial charge >= 0.3 is 0 Å². The number of nitrogens with zero attached hydrogens (tertiary/aromatic N) is 3. The summed E-state index contributed by atoms with van der Waals surface area (Å²) in [5, 5.41) is 10.2. The highest BCUT2D eigenvalue weighted by atomic mass is 127. The zero-order valence-corrected chi connectivity index (χ0v) is 19.1. The molecular weight excluding hydrogens is 482 g/mol. The maximum Gasteiger partial charge on any atom is 0.191 e. The molecule has 2 heterocycles. The zero-order valence-electron chi connectivity index (χ0n) is 16.8. The molecule has 2 aromatic rings. The summed E-state index contributed by atoms with van der Waals surface area (Å²) in [6.07, 6.45) is 3.51. The number of rotatable bonds is 8. The molecule has 1 aromatic carbocycles. The number of hydrogen-bond donors (Lipinski definition) is 3. The van der Waals surface area contributed by atoms with Crippen LogP contribution in [0.25, 0.3) is 0 Å². The van der Waals surface area contributed by atoms with Crippen LogP contribution in [0.2, 0.25) is 0 Å². The Morgan fingerprint density at radius 3 is 2.83 bits per heavy atom. The number of aliphatic imine (C=N–C) groups is 1. The van der Waals surface area contributed by atoms with E-state index in [1.54, 1.807) is 12.3 Å². The predicted molar refractivity (Wildman–Crippen MR) is 129 cm³/mol. The third-order valence-electron chi connectivity index (χ3n) is 4.62. The average Bonchev–Trinajstić information content (AvgIpc) is 3.17. The second-order valence-corrected chi connectivity index (χ2v) is 6.79. The number of benzene rings is 1. The Labute approximate surface area is 189 Å². The molecule has 3 N–H and O–H groups in total. The Bertz CT molecular complexity index is 758. The molecule has 29 heavy (non-hydrogen) atoms. The lowest BCUT2D eigenvalue weighted by Gasteiger charge is -2.20. The molecule has 0 aliphatic carbocycles. The van der Waals surface area contributed by atoms with E-state index in [9.17, 15) is 4.39 Å². The molecule has 1 aliphatic rings. The molecule has 1 saturated heterocycles. The van der Waals surface area contributed by atoms with Gasteiger partial charge in [-0.2, -0.15) is 0 Å². The first-order valence-corrected chi connectivity index (χ1v) is 9.95. The van der Waals surface area contributed by atoms with Crippen molar-refractivity contribution in [2.24, 2.45) is 4.99 Å². The molecule has 3 rings (SSSR count). The van der Waals surface area contributed by atoms with Crippen LogP contribution < -0.4 is 20.9 Å². The van der Waals surface area contributed by atoms with E-state index >= 15 is 0 Å². The van der Waals surface area contributed by atoms with Gasteiger partial charge in [0.05, 0.1) is 0 Å². The van der Waals surface area contributed by atoms with E-state index in [0.717, 1.165) is 50.7 Å². The van der Waals surface area contributed by atoms with E-state index in [2.05, 4.69) is 45.0 Å². The first kappa shape index (κ1) is 23.2. The van der Waals surface area contributed by atoms with Crippen molar-refractivity contribution in [1.29, 1.82) is 0 Å². The van der Waals surface area contributed by atoms with Gasteiger partial charge in [0.25, 0.3) is 0 Å². The van der Waals surface area contributed by atoms with Gasteiger partial charge in [-0.1, -0.05) is 18.2 Å².